The Morgan fingerprint density at radius 3 is 2.69 bits per heavy atom. The minimum absolute atomic E-state index is 0.345. The fourth-order valence-corrected chi connectivity index (χ4v) is 8.65. The van der Waals surface area contributed by atoms with E-state index in [-0.39, 0.29) is 0 Å². The van der Waals surface area contributed by atoms with Crippen LogP contribution >= 0.6 is 0 Å². The van der Waals surface area contributed by atoms with Gasteiger partial charge in [0.05, 0.1) is 11.7 Å². The third kappa shape index (κ3) is 3.79. The lowest BCUT2D eigenvalue weighted by Crippen LogP contribution is -2.42. The first-order valence-electron chi connectivity index (χ1n) is 14.4. The number of fused-ring (bicyclic) bond motifs is 5. The Kier molecular flexibility index (Phi) is 5.67. The number of ether oxygens (including phenoxy) is 1. The van der Waals surface area contributed by atoms with E-state index in [0.717, 1.165) is 17.6 Å². The maximum absolute atomic E-state index is 6.17. The van der Waals surface area contributed by atoms with Crippen LogP contribution in [0, 0.1) is 17.3 Å². The second-order valence-corrected chi connectivity index (χ2v) is 12.3. The first kappa shape index (κ1) is 22.6. The normalized spacial score (nSPS) is 31.6. The van der Waals surface area contributed by atoms with Crippen molar-refractivity contribution in [1.82, 2.24) is 15.0 Å². The zero-order chi connectivity index (χ0) is 24.1. The molecule has 4 aliphatic carbocycles. The summed E-state index contributed by atoms with van der Waals surface area (Å²) in [6.45, 7) is 3.22. The van der Waals surface area contributed by atoms with E-state index < -0.39 is 0 Å². The molecule has 0 spiro atoms. The molecule has 0 N–H and O–H groups in total. The molecule has 3 fully saturated rings. The van der Waals surface area contributed by atoms with E-state index in [0.29, 0.717) is 29.9 Å². The lowest BCUT2D eigenvalue weighted by atomic mass is 9.55. The molecule has 36 heavy (non-hydrogen) atoms. The number of hydrogen-bond acceptors (Lipinski definition) is 3. The van der Waals surface area contributed by atoms with Crippen molar-refractivity contribution in [2.24, 2.45) is 17.3 Å². The van der Waals surface area contributed by atoms with Crippen molar-refractivity contribution in [3.8, 4) is 5.75 Å². The Bertz CT molecular complexity index is 1210. The van der Waals surface area contributed by atoms with Crippen LogP contribution in [-0.2, 0) is 13.0 Å². The van der Waals surface area contributed by atoms with Gasteiger partial charge in [0.15, 0.2) is 0 Å². The Labute approximate surface area is 215 Å². The Morgan fingerprint density at radius 1 is 0.972 bits per heavy atom. The van der Waals surface area contributed by atoms with Crippen molar-refractivity contribution in [3.05, 3.63) is 77.1 Å². The van der Waals surface area contributed by atoms with Gasteiger partial charge in [-0.2, -0.15) is 0 Å². The second-order valence-electron chi connectivity index (χ2n) is 12.3. The highest BCUT2D eigenvalue weighted by atomic mass is 16.5. The van der Waals surface area contributed by atoms with Crippen LogP contribution in [0.2, 0.25) is 0 Å². The fraction of sp³-hybridized carbons (Fsp3) is 0.562. The van der Waals surface area contributed by atoms with Gasteiger partial charge in [0, 0.05) is 12.1 Å². The molecule has 2 aromatic carbocycles. The molecule has 3 saturated carbocycles. The molecule has 188 valence electrons. The van der Waals surface area contributed by atoms with Crippen LogP contribution in [0.15, 0.2) is 54.7 Å². The van der Waals surface area contributed by atoms with Crippen LogP contribution in [-0.4, -0.2) is 15.0 Å². The van der Waals surface area contributed by atoms with E-state index in [1.165, 1.54) is 81.0 Å². The number of rotatable bonds is 5. The second kappa shape index (κ2) is 9.04. The van der Waals surface area contributed by atoms with E-state index in [2.05, 4.69) is 71.4 Å². The minimum Gasteiger partial charge on any atom is -0.489 e. The first-order chi connectivity index (χ1) is 17.7. The smallest absolute Gasteiger partial charge is 0.120 e. The van der Waals surface area contributed by atoms with Gasteiger partial charge in [0.25, 0.3) is 0 Å². The van der Waals surface area contributed by atoms with Crippen LogP contribution in [0.1, 0.15) is 105 Å². The van der Waals surface area contributed by atoms with Crippen molar-refractivity contribution in [1.29, 1.82) is 0 Å². The van der Waals surface area contributed by atoms with E-state index in [4.69, 9.17) is 9.95 Å². The highest BCUT2D eigenvalue weighted by Crippen LogP contribution is 2.64. The molecule has 5 atom stereocenters. The lowest BCUT2D eigenvalue weighted by Gasteiger charge is -2.50. The van der Waals surface area contributed by atoms with Crippen LogP contribution < -0.4 is 4.74 Å². The largest absolute Gasteiger partial charge is 0.489 e. The molecule has 4 aliphatic rings. The third-order valence-corrected chi connectivity index (χ3v) is 10.5. The summed E-state index contributed by atoms with van der Waals surface area (Å²) < 4.78 is 8.46. The molecule has 4 heteroatoms. The molecule has 3 aromatic rings. The van der Waals surface area contributed by atoms with Crippen molar-refractivity contribution in [2.75, 3.05) is 0 Å². The van der Waals surface area contributed by atoms with E-state index in [1.54, 1.807) is 5.56 Å². The summed E-state index contributed by atoms with van der Waals surface area (Å²) >= 11 is 0. The van der Waals surface area contributed by atoms with Gasteiger partial charge in [0.1, 0.15) is 12.4 Å². The molecule has 1 heterocycles. The Morgan fingerprint density at radius 2 is 1.83 bits per heavy atom. The number of aryl methyl sites for hydroxylation is 1. The summed E-state index contributed by atoms with van der Waals surface area (Å²) in [6.07, 6.45) is 15.3. The zero-order valence-corrected chi connectivity index (χ0v) is 21.6. The highest BCUT2D eigenvalue weighted by Gasteiger charge is 2.55. The van der Waals surface area contributed by atoms with Crippen LogP contribution in [0.4, 0.5) is 0 Å². The number of aromatic nitrogens is 3. The highest BCUT2D eigenvalue weighted by molar-refractivity contribution is 5.41. The van der Waals surface area contributed by atoms with Gasteiger partial charge in [-0.1, -0.05) is 61.4 Å². The molecular weight excluding hydrogens is 442 g/mol. The van der Waals surface area contributed by atoms with Gasteiger partial charge in [-0.15, -0.1) is 5.10 Å². The molecule has 0 aliphatic heterocycles. The van der Waals surface area contributed by atoms with Gasteiger partial charge >= 0.3 is 0 Å². The predicted octanol–water partition coefficient (Wildman–Crippen LogP) is 7.61. The lowest BCUT2D eigenvalue weighted by molar-refractivity contribution is 0.0284. The summed E-state index contributed by atoms with van der Waals surface area (Å²) in [5, 5.41) is 9.39. The summed E-state index contributed by atoms with van der Waals surface area (Å²) in [4.78, 5) is 0. The first-order valence-corrected chi connectivity index (χ1v) is 14.4. The van der Waals surface area contributed by atoms with Crippen molar-refractivity contribution in [3.63, 3.8) is 0 Å². The van der Waals surface area contributed by atoms with Gasteiger partial charge in [0.2, 0.25) is 0 Å². The van der Waals surface area contributed by atoms with Crippen LogP contribution in [0.3, 0.4) is 0 Å². The molecule has 0 saturated heterocycles. The van der Waals surface area contributed by atoms with Crippen LogP contribution in [0.5, 0.6) is 5.75 Å². The van der Waals surface area contributed by atoms with Crippen molar-refractivity contribution < 1.29 is 4.74 Å². The Balaban J connectivity index is 1.07. The van der Waals surface area contributed by atoms with Gasteiger partial charge < -0.3 is 4.74 Å². The van der Waals surface area contributed by atoms with E-state index >= 15 is 0 Å². The number of nitrogens with zero attached hydrogens (tertiary/aromatic N) is 3. The molecule has 7 rings (SSSR count). The molecule has 1 aromatic heterocycles. The fourth-order valence-electron chi connectivity index (χ4n) is 8.65. The molecule has 0 radical (unpaired) electrons. The third-order valence-electron chi connectivity index (χ3n) is 10.5. The SMILES string of the molecule is C[C@]12CC[C@@H]3c4ccc(OCc5ccccc5)cc4CC[C@H]3[C@@H]1CC[C@H]2n1cc(C2CCCC2)nn1. The predicted molar refractivity (Wildman–Crippen MR) is 142 cm³/mol. The van der Waals surface area contributed by atoms with Crippen LogP contribution in [0.25, 0.3) is 0 Å². The Hall–Kier alpha value is -2.62. The minimum atomic E-state index is 0.345. The summed E-state index contributed by atoms with van der Waals surface area (Å²) in [6, 6.07) is 17.9. The zero-order valence-electron chi connectivity index (χ0n) is 21.6. The topological polar surface area (TPSA) is 39.9 Å². The average molecular weight is 482 g/mol. The maximum Gasteiger partial charge on any atom is 0.120 e. The van der Waals surface area contributed by atoms with Crippen molar-refractivity contribution in [2.45, 2.75) is 95.6 Å². The van der Waals surface area contributed by atoms with Gasteiger partial charge in [-0.3, -0.25) is 0 Å². The van der Waals surface area contributed by atoms with E-state index in [9.17, 15) is 0 Å². The monoisotopic (exact) mass is 481 g/mol. The quantitative estimate of drug-likeness (QED) is 0.376. The van der Waals surface area contributed by atoms with Gasteiger partial charge in [-0.25, -0.2) is 4.68 Å². The summed E-state index contributed by atoms with van der Waals surface area (Å²) in [7, 11) is 0. The van der Waals surface area contributed by atoms with E-state index in [1.807, 2.05) is 0 Å². The van der Waals surface area contributed by atoms with Crippen molar-refractivity contribution >= 4 is 0 Å². The molecular formula is C32H39N3O. The maximum atomic E-state index is 6.17. The molecule has 4 nitrogen and oxygen atoms in total. The molecule has 0 amide bonds. The molecule has 0 unspecified atom stereocenters. The number of hydrogen-bond donors (Lipinski definition) is 0. The average Bonchev–Trinajstić information content (AvgIpc) is 3.67. The number of benzene rings is 2. The van der Waals surface area contributed by atoms with Gasteiger partial charge in [-0.05, 0) is 103 Å². The summed E-state index contributed by atoms with van der Waals surface area (Å²) in [5.41, 5.74) is 5.95. The standard InChI is InChI=1S/C32H39N3O/c1-32-18-17-27-26-14-12-25(36-21-22-7-3-2-4-8-22)19-24(26)11-13-28(27)29(32)15-16-31(32)35-20-30(33-34-35)23-9-5-6-10-23/h2-4,7-8,12,14,19-20,23,27-29,31H,5-6,9-11,13,15-18,21H2,1H3/t27-,28-,29+,31-,32+/m1/s1. The summed E-state index contributed by atoms with van der Waals surface area (Å²) in [5.74, 6) is 3.97. The molecule has 0 bridgehead atoms.